The summed E-state index contributed by atoms with van der Waals surface area (Å²) in [4.78, 5) is 22.6. The van der Waals surface area contributed by atoms with Gasteiger partial charge in [0, 0.05) is 0 Å². The number of carbonyl (C=O) groups is 2. The first-order valence-corrected chi connectivity index (χ1v) is 13.3. The van der Waals surface area contributed by atoms with E-state index in [1.165, 1.54) is 37.8 Å². The summed E-state index contributed by atoms with van der Waals surface area (Å²) in [5, 5.41) is 26.0. The number of rotatable bonds is 11. The minimum Gasteiger partial charge on any atom is -0.456 e. The van der Waals surface area contributed by atoms with E-state index >= 15 is 0 Å². The van der Waals surface area contributed by atoms with Gasteiger partial charge in [-0.3, -0.25) is 14.2 Å². The van der Waals surface area contributed by atoms with Crippen LogP contribution >= 0.6 is 30.6 Å². The molecule has 0 aliphatic rings. The number of hydrogen-bond donors (Lipinski definition) is 3. The van der Waals surface area contributed by atoms with Crippen LogP contribution in [0.2, 0.25) is 0 Å². The summed E-state index contributed by atoms with van der Waals surface area (Å²) in [5.74, 6) is 1.10. The van der Waals surface area contributed by atoms with Gasteiger partial charge in [-0.15, -0.1) is 23.2 Å². The highest BCUT2D eigenvalue weighted by Crippen LogP contribution is 2.45. The van der Waals surface area contributed by atoms with Crippen LogP contribution < -0.4 is 0 Å². The molecule has 0 aromatic carbocycles. The molecule has 2 heterocycles. The highest BCUT2D eigenvalue weighted by molar-refractivity contribution is 7.58. The highest BCUT2D eigenvalue weighted by Gasteiger charge is 2.21. The van der Waals surface area contributed by atoms with Gasteiger partial charge < -0.3 is 33.6 Å². The number of aldehydes is 2. The lowest BCUT2D eigenvalue weighted by molar-refractivity contribution is 0.108. The van der Waals surface area contributed by atoms with Gasteiger partial charge in [-0.05, 0) is 43.9 Å². The van der Waals surface area contributed by atoms with E-state index < -0.39 is 20.1 Å². The average molecular weight is 546 g/mol. The Morgan fingerprint density at radius 2 is 1.29 bits per heavy atom. The van der Waals surface area contributed by atoms with Crippen LogP contribution in [0, 0.1) is 0 Å². The normalized spacial score (nSPS) is 10.3. The van der Waals surface area contributed by atoms with Gasteiger partial charge in [-0.2, -0.15) is 0 Å². The molecule has 0 amide bonds. The quantitative estimate of drug-likeness (QED) is 0.213. The van der Waals surface area contributed by atoms with E-state index in [-0.39, 0.29) is 30.1 Å². The Labute approximate surface area is 209 Å². The van der Waals surface area contributed by atoms with Crippen LogP contribution in [0.5, 0.6) is 0 Å². The van der Waals surface area contributed by atoms with Crippen LogP contribution in [0.4, 0.5) is 0 Å². The van der Waals surface area contributed by atoms with Crippen molar-refractivity contribution in [3.8, 4) is 0 Å². The minimum atomic E-state index is -3.38. The smallest absolute Gasteiger partial charge is 0.252 e. The van der Waals surface area contributed by atoms with E-state index in [1.807, 2.05) is 0 Å². The Bertz CT molecular complexity index is 796. The monoisotopic (exact) mass is 545 g/mol. The molecule has 0 saturated carbocycles. The fraction of sp³-hybridized carbons (Fsp3) is 0.524. The van der Waals surface area contributed by atoms with E-state index in [4.69, 9.17) is 51.9 Å². The number of halogens is 2. The van der Waals surface area contributed by atoms with Crippen LogP contribution in [0.15, 0.2) is 33.1 Å². The predicted octanol–water partition coefficient (Wildman–Crippen LogP) is 4.14. The Balaban J connectivity index is 0. The summed E-state index contributed by atoms with van der Waals surface area (Å²) in [6, 6.07) is 6.00. The van der Waals surface area contributed by atoms with E-state index in [2.05, 4.69) is 25.7 Å². The first kappa shape index (κ1) is 34.7. The van der Waals surface area contributed by atoms with Crippen molar-refractivity contribution in [2.24, 2.45) is 0 Å². The molecule has 0 aliphatic heterocycles. The number of carbonyl (C=O) groups excluding carboxylic acids is 2. The molecule has 2 aromatic rings. The topological polar surface area (TPSA) is 151 Å². The van der Waals surface area contributed by atoms with Crippen molar-refractivity contribution < 1.29 is 42.8 Å². The van der Waals surface area contributed by atoms with Crippen LogP contribution in [0.25, 0.3) is 0 Å². The number of nitrogens with zero attached hydrogens (tertiary/aromatic N) is 1. The van der Waals surface area contributed by atoms with Gasteiger partial charge in [0.25, 0.3) is 7.37 Å². The molecule has 2 aromatic heterocycles. The van der Waals surface area contributed by atoms with Crippen molar-refractivity contribution in [2.45, 2.75) is 34.0 Å². The fourth-order valence-corrected chi connectivity index (χ4v) is 2.67. The minimum absolute atomic E-state index is 0.136. The van der Waals surface area contributed by atoms with Crippen molar-refractivity contribution in [1.82, 2.24) is 4.90 Å². The molecule has 3 N–H and O–H groups in total. The Kier molecular flexibility index (Phi) is 22.4. The molecule has 0 aliphatic carbocycles. The van der Waals surface area contributed by atoms with E-state index in [1.54, 1.807) is 6.07 Å². The molecule has 0 saturated heterocycles. The van der Waals surface area contributed by atoms with Crippen LogP contribution in [0.3, 0.4) is 0 Å². The first-order valence-electron chi connectivity index (χ1n) is 10.2. The molecule has 13 heteroatoms. The number of aliphatic hydroxyl groups excluding tert-OH is 3. The van der Waals surface area contributed by atoms with Crippen molar-refractivity contribution in [3.63, 3.8) is 0 Å². The predicted molar refractivity (Wildman–Crippen MR) is 131 cm³/mol. The largest absolute Gasteiger partial charge is 0.456 e. The second-order valence-corrected chi connectivity index (χ2v) is 9.35. The molecular weight excluding hydrogens is 512 g/mol. The third kappa shape index (κ3) is 16.2. The maximum atomic E-state index is 11.4. The lowest BCUT2D eigenvalue weighted by Crippen LogP contribution is -2.21. The molecule has 0 unspecified atom stereocenters. The van der Waals surface area contributed by atoms with Gasteiger partial charge >= 0.3 is 0 Å². The zero-order chi connectivity index (χ0) is 26.4. The van der Waals surface area contributed by atoms with Crippen molar-refractivity contribution in [2.75, 3.05) is 37.7 Å². The van der Waals surface area contributed by atoms with Gasteiger partial charge in [0.15, 0.2) is 24.1 Å². The second-order valence-electron chi connectivity index (χ2n) is 6.09. The lowest BCUT2D eigenvalue weighted by Gasteiger charge is -2.13. The van der Waals surface area contributed by atoms with E-state index in [9.17, 15) is 14.2 Å². The molecule has 2 rings (SSSR count). The molecule has 34 heavy (non-hydrogen) atoms. The standard InChI is InChI=1S/C8H11O6P.C6H15N.C6H6O3.CH2Cl2/c9-3-7-1-2-8(14-7)4-13-15(12,5-10)6-11;1-4-7(5-2)6-3;7-3-5-1-2-6(4-8)9-5;2-1-3/h1-3,10-11H,4-6H2;4-6H2,1-3H3;1-3,8H,4H2;1H2. The molecule has 196 valence electrons. The number of hydrogen-bond acceptors (Lipinski definition) is 10. The molecule has 0 radical (unpaired) electrons. The molecule has 10 nitrogen and oxygen atoms in total. The number of furan rings is 2. The summed E-state index contributed by atoms with van der Waals surface area (Å²) in [7, 11) is -3.38. The van der Waals surface area contributed by atoms with Gasteiger partial charge in [0.1, 0.15) is 37.4 Å². The molecule has 0 bridgehead atoms. The summed E-state index contributed by atoms with van der Waals surface area (Å²) in [6.07, 6.45) is -0.337. The van der Waals surface area contributed by atoms with Crippen molar-refractivity contribution in [3.05, 3.63) is 47.3 Å². The molecule has 0 fully saturated rings. The van der Waals surface area contributed by atoms with Crippen molar-refractivity contribution in [1.29, 1.82) is 0 Å². The third-order valence-corrected chi connectivity index (χ3v) is 5.43. The number of alkyl halides is 2. The maximum absolute atomic E-state index is 11.4. The SMILES string of the molecule is CCN(CC)CC.ClCCl.O=Cc1ccc(CO)o1.O=Cc1ccc(COP(=O)(CO)CO)o1. The van der Waals surface area contributed by atoms with Gasteiger partial charge in [0.2, 0.25) is 0 Å². The number of aliphatic hydroxyl groups is 3. The Hall–Kier alpha value is -1.49. The van der Waals surface area contributed by atoms with Crippen LogP contribution in [-0.4, -0.2) is 70.5 Å². The highest BCUT2D eigenvalue weighted by atomic mass is 35.5. The fourth-order valence-electron chi connectivity index (χ4n) is 2.06. The average Bonchev–Trinajstić information content (AvgIpc) is 3.54. The van der Waals surface area contributed by atoms with Crippen LogP contribution in [-0.2, 0) is 22.3 Å². The summed E-state index contributed by atoms with van der Waals surface area (Å²) < 4.78 is 25.9. The first-order chi connectivity index (χ1) is 16.3. The van der Waals surface area contributed by atoms with Crippen LogP contribution in [0.1, 0.15) is 53.4 Å². The second kappa shape index (κ2) is 22.0. The van der Waals surface area contributed by atoms with Crippen molar-refractivity contribution >= 4 is 43.1 Å². The summed E-state index contributed by atoms with van der Waals surface area (Å²) in [5.41, 5.74) is 0. The van der Waals surface area contributed by atoms with E-state index in [0.717, 1.165) is 0 Å². The Morgan fingerprint density at radius 3 is 1.56 bits per heavy atom. The van der Waals surface area contributed by atoms with Gasteiger partial charge in [0.05, 0.1) is 5.34 Å². The lowest BCUT2D eigenvalue weighted by atomic mass is 10.4. The van der Waals surface area contributed by atoms with Gasteiger partial charge in [-0.1, -0.05) is 20.8 Å². The zero-order valence-electron chi connectivity index (χ0n) is 19.6. The van der Waals surface area contributed by atoms with E-state index in [0.29, 0.717) is 24.1 Å². The maximum Gasteiger partial charge on any atom is 0.252 e. The Morgan fingerprint density at radius 1 is 0.882 bits per heavy atom. The van der Waals surface area contributed by atoms with Gasteiger partial charge in [-0.25, -0.2) is 0 Å². The molecule has 0 spiro atoms. The molecule has 0 atom stereocenters. The summed E-state index contributed by atoms with van der Waals surface area (Å²) in [6.45, 7) is 9.81. The zero-order valence-corrected chi connectivity index (χ0v) is 22.0. The third-order valence-electron chi connectivity index (χ3n) is 3.97. The summed E-state index contributed by atoms with van der Waals surface area (Å²) >= 11 is 9.53. The molecular formula is C21H34Cl2NO9P.